The van der Waals surface area contributed by atoms with E-state index in [2.05, 4.69) is 16.5 Å². The summed E-state index contributed by atoms with van der Waals surface area (Å²) in [5.41, 5.74) is 0. The summed E-state index contributed by atoms with van der Waals surface area (Å²) in [6, 6.07) is 7.24. The molecule has 0 fully saturated rings. The molecule has 0 saturated heterocycles. The van der Waals surface area contributed by atoms with E-state index in [1.807, 2.05) is 24.5 Å². The molecule has 16 heavy (non-hydrogen) atoms. The van der Waals surface area contributed by atoms with E-state index in [-0.39, 0.29) is 0 Å². The fraction of sp³-hybridized carbons (Fsp3) is 0.250. The van der Waals surface area contributed by atoms with Crippen LogP contribution in [-0.4, -0.2) is 14.7 Å². The fourth-order valence-corrected chi connectivity index (χ4v) is 2.32. The number of thioether (sulfide) groups is 1. The molecule has 1 aromatic heterocycles. The lowest BCUT2D eigenvalue weighted by Crippen LogP contribution is -1.98. The number of imidazole rings is 1. The number of phenols is 1. The summed E-state index contributed by atoms with van der Waals surface area (Å²) in [5, 5.41) is 9.17. The maximum absolute atomic E-state index is 9.17. The minimum Gasteiger partial charge on any atom is -0.508 e. The molecule has 0 radical (unpaired) electrons. The van der Waals surface area contributed by atoms with Crippen LogP contribution >= 0.6 is 11.8 Å². The van der Waals surface area contributed by atoms with Gasteiger partial charge in [-0.05, 0) is 31.2 Å². The van der Waals surface area contributed by atoms with Crippen molar-refractivity contribution >= 4 is 11.8 Å². The van der Waals surface area contributed by atoms with Crippen molar-refractivity contribution in [3.63, 3.8) is 0 Å². The van der Waals surface area contributed by atoms with Crippen molar-refractivity contribution in [3.05, 3.63) is 42.5 Å². The lowest BCUT2D eigenvalue weighted by Gasteiger charge is -2.04. The predicted molar refractivity (Wildman–Crippen MR) is 65.6 cm³/mol. The average molecular weight is 234 g/mol. The summed E-state index contributed by atoms with van der Waals surface area (Å²) in [6.07, 6.45) is 3.82. The fourth-order valence-electron chi connectivity index (χ4n) is 1.46. The van der Waals surface area contributed by atoms with Crippen molar-refractivity contribution in [2.24, 2.45) is 0 Å². The van der Waals surface area contributed by atoms with Gasteiger partial charge in [0.05, 0.1) is 5.75 Å². The second kappa shape index (κ2) is 5.07. The maximum atomic E-state index is 9.17. The molecule has 84 valence electrons. The minimum atomic E-state index is 0.305. The van der Waals surface area contributed by atoms with Crippen molar-refractivity contribution in [2.45, 2.75) is 24.1 Å². The normalized spacial score (nSPS) is 10.6. The number of aromatic hydroxyl groups is 1. The molecular weight excluding hydrogens is 220 g/mol. The third-order valence-corrected chi connectivity index (χ3v) is 3.36. The molecule has 0 atom stereocenters. The molecule has 2 aromatic rings. The zero-order valence-electron chi connectivity index (χ0n) is 9.13. The first-order chi connectivity index (χ1) is 7.79. The molecule has 0 aliphatic carbocycles. The van der Waals surface area contributed by atoms with Crippen LogP contribution in [-0.2, 0) is 12.3 Å². The van der Waals surface area contributed by atoms with Gasteiger partial charge in [-0.2, -0.15) is 0 Å². The minimum absolute atomic E-state index is 0.305. The van der Waals surface area contributed by atoms with E-state index in [0.717, 1.165) is 23.0 Å². The van der Waals surface area contributed by atoms with Crippen LogP contribution in [0.5, 0.6) is 5.75 Å². The first-order valence-electron chi connectivity index (χ1n) is 5.21. The van der Waals surface area contributed by atoms with Crippen LogP contribution in [0.25, 0.3) is 0 Å². The lowest BCUT2D eigenvalue weighted by atomic mass is 10.3. The van der Waals surface area contributed by atoms with Crippen molar-refractivity contribution in [1.29, 1.82) is 0 Å². The molecular formula is C12H14N2OS. The van der Waals surface area contributed by atoms with Crippen LogP contribution in [0.3, 0.4) is 0 Å². The summed E-state index contributed by atoms with van der Waals surface area (Å²) >= 11 is 1.72. The van der Waals surface area contributed by atoms with Crippen molar-refractivity contribution in [2.75, 3.05) is 0 Å². The largest absolute Gasteiger partial charge is 0.508 e. The molecule has 0 spiro atoms. The zero-order valence-corrected chi connectivity index (χ0v) is 9.94. The molecule has 1 aromatic carbocycles. The monoisotopic (exact) mass is 234 g/mol. The zero-order chi connectivity index (χ0) is 11.4. The Morgan fingerprint density at radius 1 is 1.31 bits per heavy atom. The van der Waals surface area contributed by atoms with Gasteiger partial charge in [-0.3, -0.25) is 0 Å². The van der Waals surface area contributed by atoms with Crippen LogP contribution in [0.1, 0.15) is 12.7 Å². The first kappa shape index (κ1) is 11.1. The molecule has 0 unspecified atom stereocenters. The van der Waals surface area contributed by atoms with E-state index >= 15 is 0 Å². The van der Waals surface area contributed by atoms with Gasteiger partial charge in [0.15, 0.2) is 0 Å². The van der Waals surface area contributed by atoms with Crippen LogP contribution in [0.15, 0.2) is 41.6 Å². The summed E-state index contributed by atoms with van der Waals surface area (Å²) in [6.45, 7) is 3.06. The summed E-state index contributed by atoms with van der Waals surface area (Å²) in [4.78, 5) is 5.45. The van der Waals surface area contributed by atoms with Gasteiger partial charge in [0.1, 0.15) is 11.6 Å². The number of hydrogen-bond acceptors (Lipinski definition) is 3. The molecule has 0 bridgehead atoms. The Morgan fingerprint density at radius 3 is 2.75 bits per heavy atom. The van der Waals surface area contributed by atoms with Gasteiger partial charge < -0.3 is 9.67 Å². The number of rotatable bonds is 4. The topological polar surface area (TPSA) is 38.0 Å². The number of hydrogen-bond donors (Lipinski definition) is 1. The van der Waals surface area contributed by atoms with Crippen molar-refractivity contribution in [3.8, 4) is 5.75 Å². The van der Waals surface area contributed by atoms with E-state index in [1.54, 1.807) is 23.9 Å². The van der Waals surface area contributed by atoms with Crippen LogP contribution in [0.4, 0.5) is 0 Å². The van der Waals surface area contributed by atoms with Gasteiger partial charge in [-0.1, -0.05) is 0 Å². The van der Waals surface area contributed by atoms with E-state index in [4.69, 9.17) is 5.11 Å². The molecule has 1 heterocycles. The molecule has 0 aliphatic rings. The van der Waals surface area contributed by atoms with Crippen LogP contribution in [0.2, 0.25) is 0 Å². The van der Waals surface area contributed by atoms with E-state index < -0.39 is 0 Å². The van der Waals surface area contributed by atoms with Crippen LogP contribution < -0.4 is 0 Å². The molecule has 1 N–H and O–H groups in total. The molecule has 0 aliphatic heterocycles. The Labute approximate surface area is 99.1 Å². The molecule has 4 heteroatoms. The van der Waals surface area contributed by atoms with E-state index in [0.29, 0.717) is 5.75 Å². The molecule has 0 amide bonds. The third kappa shape index (κ3) is 2.58. The van der Waals surface area contributed by atoms with Crippen molar-refractivity contribution in [1.82, 2.24) is 9.55 Å². The van der Waals surface area contributed by atoms with E-state index in [9.17, 15) is 0 Å². The van der Waals surface area contributed by atoms with Gasteiger partial charge in [0.2, 0.25) is 0 Å². The van der Waals surface area contributed by atoms with Crippen LogP contribution in [0, 0.1) is 0 Å². The SMILES string of the molecule is CCn1ccnc1CSc1ccc(O)cc1. The second-order valence-electron chi connectivity index (χ2n) is 3.41. The Kier molecular flexibility index (Phi) is 3.51. The first-order valence-corrected chi connectivity index (χ1v) is 6.20. The summed E-state index contributed by atoms with van der Waals surface area (Å²) in [7, 11) is 0. The molecule has 3 nitrogen and oxygen atoms in total. The third-order valence-electron chi connectivity index (χ3n) is 2.35. The second-order valence-corrected chi connectivity index (χ2v) is 4.46. The van der Waals surface area contributed by atoms with Gasteiger partial charge in [-0.15, -0.1) is 11.8 Å². The Morgan fingerprint density at radius 2 is 2.06 bits per heavy atom. The highest BCUT2D eigenvalue weighted by atomic mass is 32.2. The van der Waals surface area contributed by atoms with Gasteiger partial charge in [-0.25, -0.2) is 4.98 Å². The highest BCUT2D eigenvalue weighted by molar-refractivity contribution is 7.98. The van der Waals surface area contributed by atoms with Gasteiger partial charge in [0.25, 0.3) is 0 Å². The van der Waals surface area contributed by atoms with Crippen molar-refractivity contribution < 1.29 is 5.11 Å². The highest BCUT2D eigenvalue weighted by Crippen LogP contribution is 2.23. The number of aromatic nitrogens is 2. The summed E-state index contributed by atoms with van der Waals surface area (Å²) < 4.78 is 2.13. The smallest absolute Gasteiger partial charge is 0.119 e. The Bertz CT molecular complexity index is 450. The average Bonchev–Trinajstić information content (AvgIpc) is 2.76. The van der Waals surface area contributed by atoms with Gasteiger partial charge in [0, 0.05) is 23.8 Å². The number of aryl methyl sites for hydroxylation is 1. The molecule has 2 rings (SSSR count). The highest BCUT2D eigenvalue weighted by Gasteiger charge is 2.02. The Balaban J connectivity index is 1.99. The summed E-state index contributed by atoms with van der Waals surface area (Å²) in [5.74, 6) is 2.24. The number of benzene rings is 1. The van der Waals surface area contributed by atoms with Gasteiger partial charge >= 0.3 is 0 Å². The lowest BCUT2D eigenvalue weighted by molar-refractivity contribution is 0.475. The maximum Gasteiger partial charge on any atom is 0.119 e. The Hall–Kier alpha value is -1.42. The molecule has 0 saturated carbocycles. The predicted octanol–water partition coefficient (Wildman–Crippen LogP) is 2.90. The number of nitrogens with zero attached hydrogens (tertiary/aromatic N) is 2. The number of phenolic OH excluding ortho intramolecular Hbond substituents is 1. The van der Waals surface area contributed by atoms with E-state index in [1.165, 1.54) is 0 Å². The standard InChI is InChI=1S/C12H14N2OS/c1-2-14-8-7-13-12(14)9-16-11-5-3-10(15)4-6-11/h3-8,15H,2,9H2,1H3. The quantitative estimate of drug-likeness (QED) is 0.827.